The molecule has 0 radical (unpaired) electrons. The van der Waals surface area contributed by atoms with Crippen LogP contribution in [0.2, 0.25) is 0 Å². The summed E-state index contributed by atoms with van der Waals surface area (Å²) in [4.78, 5) is 13.2. The Morgan fingerprint density at radius 2 is 2.42 bits per heavy atom. The van der Waals surface area contributed by atoms with Crippen molar-refractivity contribution in [1.29, 1.82) is 5.26 Å². The zero-order valence-electron chi connectivity index (χ0n) is 5.89. The van der Waals surface area contributed by atoms with Gasteiger partial charge in [0.2, 0.25) is 0 Å². The second kappa shape index (κ2) is 2.84. The normalized spacial score (nSPS) is 8.92. The van der Waals surface area contributed by atoms with Gasteiger partial charge in [-0.25, -0.2) is 4.98 Å². The molecule has 1 aromatic rings. The van der Waals surface area contributed by atoms with E-state index < -0.39 is 4.92 Å². The third kappa shape index (κ3) is 1.15. The van der Waals surface area contributed by atoms with E-state index in [0.29, 0.717) is 0 Å². The first-order valence-corrected chi connectivity index (χ1v) is 2.95. The summed E-state index contributed by atoms with van der Waals surface area (Å²) in [7, 11) is 0. The summed E-state index contributed by atoms with van der Waals surface area (Å²) in [6.07, 6.45) is 1.17. The smallest absolute Gasteiger partial charge is 0.296 e. The molecule has 0 amide bonds. The molecule has 60 valence electrons. The minimum Gasteiger partial charge on any atom is -0.391 e. The second-order valence-electron chi connectivity index (χ2n) is 1.96. The van der Waals surface area contributed by atoms with E-state index in [2.05, 4.69) is 4.98 Å². The van der Waals surface area contributed by atoms with Gasteiger partial charge in [0.1, 0.15) is 11.8 Å². The topological polar surface area (TPSA) is 106 Å². The molecule has 6 nitrogen and oxygen atoms in total. The third-order valence-electron chi connectivity index (χ3n) is 1.27. The summed E-state index contributed by atoms with van der Waals surface area (Å²) in [6.45, 7) is 0. The number of hydrogen-bond acceptors (Lipinski definition) is 5. The van der Waals surface area contributed by atoms with Gasteiger partial charge in [-0.05, 0) is 0 Å². The standard InChI is InChI=1S/C6H4N4O2/c7-3-4-6(8)5(10(11)12)1-2-9-4/h1-2H,8H2. The molecule has 6 heteroatoms. The molecular weight excluding hydrogens is 160 g/mol. The van der Waals surface area contributed by atoms with E-state index in [4.69, 9.17) is 11.0 Å². The van der Waals surface area contributed by atoms with Crippen LogP contribution < -0.4 is 5.73 Å². The second-order valence-corrected chi connectivity index (χ2v) is 1.96. The first-order valence-electron chi connectivity index (χ1n) is 2.95. The molecule has 2 N–H and O–H groups in total. The number of hydrogen-bond donors (Lipinski definition) is 1. The fourth-order valence-corrected chi connectivity index (χ4v) is 0.711. The molecule has 0 bridgehead atoms. The van der Waals surface area contributed by atoms with E-state index in [1.807, 2.05) is 0 Å². The fourth-order valence-electron chi connectivity index (χ4n) is 0.711. The van der Waals surface area contributed by atoms with Crippen molar-refractivity contribution < 1.29 is 4.92 Å². The predicted molar refractivity (Wildman–Crippen MR) is 40.0 cm³/mol. The van der Waals surface area contributed by atoms with Gasteiger partial charge >= 0.3 is 0 Å². The van der Waals surface area contributed by atoms with E-state index in [1.54, 1.807) is 6.07 Å². The fraction of sp³-hybridized carbons (Fsp3) is 0. The van der Waals surface area contributed by atoms with Crippen molar-refractivity contribution in [3.8, 4) is 6.07 Å². The minimum absolute atomic E-state index is 0.121. The quantitative estimate of drug-likeness (QED) is 0.478. The van der Waals surface area contributed by atoms with Gasteiger partial charge in [0.25, 0.3) is 5.69 Å². The summed E-state index contributed by atoms with van der Waals surface area (Å²) < 4.78 is 0. The van der Waals surface area contributed by atoms with Crippen molar-refractivity contribution in [3.63, 3.8) is 0 Å². The molecule has 0 saturated heterocycles. The monoisotopic (exact) mass is 164 g/mol. The van der Waals surface area contributed by atoms with Crippen molar-refractivity contribution in [2.45, 2.75) is 0 Å². The van der Waals surface area contributed by atoms with Crippen LogP contribution in [0.3, 0.4) is 0 Å². The minimum atomic E-state index is -0.655. The lowest BCUT2D eigenvalue weighted by Crippen LogP contribution is -1.99. The number of nitrogens with zero attached hydrogens (tertiary/aromatic N) is 3. The maximum Gasteiger partial charge on any atom is 0.296 e. The van der Waals surface area contributed by atoms with Gasteiger partial charge in [0.05, 0.1) is 4.92 Å². The van der Waals surface area contributed by atoms with Crippen molar-refractivity contribution >= 4 is 11.4 Å². The molecule has 0 saturated carbocycles. The van der Waals surface area contributed by atoms with Crippen LogP contribution in [-0.2, 0) is 0 Å². The molecule has 0 atom stereocenters. The van der Waals surface area contributed by atoms with Crippen LogP contribution >= 0.6 is 0 Å². The van der Waals surface area contributed by atoms with Gasteiger partial charge in [-0.2, -0.15) is 5.26 Å². The highest BCUT2D eigenvalue weighted by Gasteiger charge is 2.14. The highest BCUT2D eigenvalue weighted by Crippen LogP contribution is 2.21. The molecule has 1 heterocycles. The average molecular weight is 164 g/mol. The van der Waals surface area contributed by atoms with Crippen molar-refractivity contribution in [2.24, 2.45) is 0 Å². The van der Waals surface area contributed by atoms with Crippen LogP contribution in [0, 0.1) is 21.4 Å². The lowest BCUT2D eigenvalue weighted by Gasteiger charge is -1.95. The number of anilines is 1. The van der Waals surface area contributed by atoms with Gasteiger partial charge in [-0.3, -0.25) is 10.1 Å². The summed E-state index contributed by atoms with van der Waals surface area (Å²) in [5.74, 6) is 0. The highest BCUT2D eigenvalue weighted by molar-refractivity contribution is 5.63. The number of nitriles is 1. The Morgan fingerprint density at radius 1 is 1.75 bits per heavy atom. The first-order chi connectivity index (χ1) is 5.66. The van der Waals surface area contributed by atoms with E-state index >= 15 is 0 Å². The molecule has 1 aromatic heterocycles. The summed E-state index contributed by atoms with van der Waals surface area (Å²) in [5, 5.41) is 18.7. The number of rotatable bonds is 1. The number of nitrogen functional groups attached to an aromatic ring is 1. The lowest BCUT2D eigenvalue weighted by molar-refractivity contribution is -0.384. The Kier molecular flexibility index (Phi) is 1.88. The average Bonchev–Trinajstić information content (AvgIpc) is 2.04. The molecule has 0 aliphatic rings. The molecule has 0 fully saturated rings. The Bertz CT molecular complexity index is 368. The number of nitrogens with two attached hydrogens (primary N) is 1. The Balaban J connectivity index is 3.35. The van der Waals surface area contributed by atoms with Crippen LogP contribution in [0.15, 0.2) is 12.3 Å². The van der Waals surface area contributed by atoms with Crippen LogP contribution in [0.1, 0.15) is 5.69 Å². The molecule has 0 aliphatic carbocycles. The molecule has 12 heavy (non-hydrogen) atoms. The first kappa shape index (κ1) is 7.94. The van der Waals surface area contributed by atoms with Gasteiger partial charge in [0, 0.05) is 12.3 Å². The molecular formula is C6H4N4O2. The largest absolute Gasteiger partial charge is 0.391 e. The zero-order valence-corrected chi connectivity index (χ0v) is 5.89. The van der Waals surface area contributed by atoms with E-state index in [0.717, 1.165) is 6.07 Å². The zero-order chi connectivity index (χ0) is 9.14. The maximum atomic E-state index is 10.3. The molecule has 0 aromatic carbocycles. The number of pyridine rings is 1. The molecule has 0 spiro atoms. The summed E-state index contributed by atoms with van der Waals surface area (Å²) in [5.41, 5.74) is 4.67. The van der Waals surface area contributed by atoms with Crippen LogP contribution in [0.4, 0.5) is 11.4 Å². The van der Waals surface area contributed by atoms with Gasteiger partial charge in [-0.15, -0.1) is 0 Å². The van der Waals surface area contributed by atoms with Crippen LogP contribution in [0.5, 0.6) is 0 Å². The van der Waals surface area contributed by atoms with Gasteiger partial charge in [-0.1, -0.05) is 0 Å². The molecule has 0 unspecified atom stereocenters. The van der Waals surface area contributed by atoms with E-state index in [9.17, 15) is 10.1 Å². The lowest BCUT2D eigenvalue weighted by atomic mass is 10.3. The van der Waals surface area contributed by atoms with E-state index in [-0.39, 0.29) is 17.1 Å². The maximum absolute atomic E-state index is 10.3. The van der Waals surface area contributed by atoms with Gasteiger partial charge < -0.3 is 5.73 Å². The number of nitro groups is 1. The highest BCUT2D eigenvalue weighted by atomic mass is 16.6. The molecule has 0 aliphatic heterocycles. The Labute approximate surface area is 67.4 Å². The van der Waals surface area contributed by atoms with Crippen LogP contribution in [-0.4, -0.2) is 9.91 Å². The van der Waals surface area contributed by atoms with Crippen molar-refractivity contribution in [3.05, 3.63) is 28.1 Å². The van der Waals surface area contributed by atoms with Gasteiger partial charge in [0.15, 0.2) is 5.69 Å². The molecule has 1 rings (SSSR count). The third-order valence-corrected chi connectivity index (χ3v) is 1.27. The van der Waals surface area contributed by atoms with E-state index in [1.165, 1.54) is 6.20 Å². The Hall–Kier alpha value is -2.16. The Morgan fingerprint density at radius 3 is 2.92 bits per heavy atom. The predicted octanol–water partition coefficient (Wildman–Crippen LogP) is 0.444. The van der Waals surface area contributed by atoms with Crippen molar-refractivity contribution in [1.82, 2.24) is 4.98 Å². The summed E-state index contributed by atoms with van der Waals surface area (Å²) >= 11 is 0. The van der Waals surface area contributed by atoms with Crippen molar-refractivity contribution in [2.75, 3.05) is 5.73 Å². The number of aromatic nitrogens is 1. The SMILES string of the molecule is N#Cc1nccc([N+](=O)[O-])c1N. The summed E-state index contributed by atoms with van der Waals surface area (Å²) in [6, 6.07) is 2.80. The van der Waals surface area contributed by atoms with Crippen LogP contribution in [0.25, 0.3) is 0 Å².